The molecule has 0 atom stereocenters. The van der Waals surface area contributed by atoms with Gasteiger partial charge in [0, 0.05) is 6.42 Å². The van der Waals surface area contributed by atoms with E-state index in [1.807, 2.05) is 0 Å². The number of carbonyl (C=O) groups is 1. The van der Waals surface area contributed by atoms with Crippen LogP contribution in [0.2, 0.25) is 0 Å². The number of nitrogens with one attached hydrogen (secondary N) is 2. The largest absolute Gasteiger partial charge is 4.00 e. The number of nitrogens with two attached hydrogens (primary N) is 6. The fourth-order valence-electron chi connectivity index (χ4n) is 4.93. The summed E-state index contributed by atoms with van der Waals surface area (Å²) in [5.41, 5.74) is 14.1. The van der Waals surface area contributed by atoms with Crippen LogP contribution in [0.1, 0.15) is 195 Å². The first-order chi connectivity index (χ1) is 24.7. The number of carboxylic acids is 1. The maximum atomic E-state index is 10.1. The van der Waals surface area contributed by atoms with Crippen LogP contribution in [0.3, 0.4) is 0 Å². The Morgan fingerprint density at radius 1 is 0.534 bits per heavy atom. The van der Waals surface area contributed by atoms with Crippen LogP contribution in [0.15, 0.2) is 0 Å². The summed E-state index contributed by atoms with van der Waals surface area (Å²) < 4.78 is 34.5. The van der Waals surface area contributed by atoms with E-state index in [0.717, 1.165) is 57.8 Å². The number of aliphatic carboxylic acids is 1. The summed E-state index contributed by atoms with van der Waals surface area (Å²) in [6.45, 7) is 13.1. The second-order valence-electron chi connectivity index (χ2n) is 13.2. The summed E-state index contributed by atoms with van der Waals surface area (Å²) in [5.74, 6) is -0.682. The van der Waals surface area contributed by atoms with Gasteiger partial charge in [0.05, 0.1) is 26.3 Å². The summed E-state index contributed by atoms with van der Waals surface area (Å²) in [4.78, 5) is 13.8. The molecule has 0 amide bonds. The average Bonchev–Trinajstić information content (AvgIpc) is 3.10. The summed E-state index contributed by atoms with van der Waals surface area (Å²) >= 11 is 0. The van der Waals surface area contributed by atoms with Gasteiger partial charge in [-0.1, -0.05) is 144 Å². The summed E-state index contributed by atoms with van der Waals surface area (Å²) in [5, 5.41) is 20.9. The number of quaternary nitrogens is 2. The van der Waals surface area contributed by atoms with E-state index in [-0.39, 0.29) is 80.8 Å². The predicted octanol–water partition coefficient (Wildman–Crippen LogP) is 11.9. The molecule has 16 N–H and O–H groups in total. The molecule has 0 rings (SSSR count). The van der Waals surface area contributed by atoms with Crippen LogP contribution in [0.4, 0.5) is 0 Å². The summed E-state index contributed by atoms with van der Waals surface area (Å²) in [7, 11) is -4.48. The molecule has 0 radical (unpaired) electrons. The molecule has 0 heterocycles. The van der Waals surface area contributed by atoms with Gasteiger partial charge in [0.2, 0.25) is 10.4 Å². The van der Waals surface area contributed by atoms with Crippen molar-refractivity contribution in [3.8, 4) is 0 Å². The number of rotatable bonds is 36. The van der Waals surface area contributed by atoms with Crippen LogP contribution in [0, 0.1) is 0 Å². The normalized spacial score (nSPS) is 9.50. The van der Waals surface area contributed by atoms with Crippen molar-refractivity contribution in [1.82, 2.24) is 0 Å². The van der Waals surface area contributed by atoms with E-state index >= 15 is 0 Å². The zero-order valence-corrected chi connectivity index (χ0v) is 41.8. The molecule has 58 heavy (non-hydrogen) atoms. The van der Waals surface area contributed by atoms with Crippen LogP contribution >= 0.6 is 0 Å². The minimum Gasteiger partial charge on any atom is -0.726 e. The summed E-state index contributed by atoms with van der Waals surface area (Å²) in [6, 6.07) is 0. The van der Waals surface area contributed by atoms with E-state index in [1.54, 1.807) is 0 Å². The molecule has 0 aliphatic heterocycles. The number of carboxylic acid groups (broad SMARTS) is 1. The zero-order chi connectivity index (χ0) is 38.9. The fraction of sp³-hybridized carbons (Fsp3) is 0.974. The van der Waals surface area contributed by atoms with Gasteiger partial charge in [0.15, 0.2) is 0 Å². The van der Waals surface area contributed by atoms with Crippen LogP contribution in [0.5, 0.6) is 0 Å². The van der Waals surface area contributed by atoms with Gasteiger partial charge in [0.25, 0.3) is 0 Å². The van der Waals surface area contributed by atoms with Gasteiger partial charge < -0.3 is 56.4 Å². The molecule has 0 fully saturated rings. The first kappa shape index (κ1) is 85.6. The van der Waals surface area contributed by atoms with Gasteiger partial charge in [-0.2, -0.15) is 13.1 Å². The van der Waals surface area contributed by atoms with Crippen molar-refractivity contribution in [1.29, 1.82) is 0 Å². The Labute approximate surface area is 387 Å². The zero-order valence-electron chi connectivity index (χ0n) is 36.4. The molecule has 0 aromatic carbocycles. The third-order valence-electron chi connectivity index (χ3n) is 8.05. The standard InChI is InChI=1S/C14H32N4.C12H26O4S.C6H14O2.C6H12O2.CH4.4H2N.2Pt/c15-9-5-1-3-7-11-17-13-14-18-12-8-4-2-6-10-16;1-2-3-4-5-6-7-8-9-10-11-12-16-17(13,14)15;1-2-3-4-5-6-8-7;1-2-3-4-5-6(7)8;;;;;;;/h15-18H,1-14H2;2-12H2,1H3,(H,13,14,15);7H,2-6H2,1H3;2-5H2,1H3,(H,7,8);1H4;4*1H2;;/q-2;;;;;4*-1;2*+4/p+1. The molecular formula is C39H97N8O8Pt2S+3. The van der Waals surface area contributed by atoms with Crippen molar-refractivity contribution in [2.75, 3.05) is 52.5 Å². The molecule has 0 aliphatic carbocycles. The van der Waals surface area contributed by atoms with Gasteiger partial charge >= 0.3 is 48.1 Å². The molecule has 19 heteroatoms. The Morgan fingerprint density at radius 2 is 0.845 bits per heavy atom. The molecule has 0 aromatic rings. The Kier molecular flexibility index (Phi) is 120. The van der Waals surface area contributed by atoms with E-state index in [0.29, 0.717) is 32.5 Å². The molecule has 0 unspecified atom stereocenters. The maximum absolute atomic E-state index is 10.1. The van der Waals surface area contributed by atoms with Crippen molar-refractivity contribution in [2.24, 2.45) is 0 Å². The molecule has 0 spiro atoms. The minimum absolute atomic E-state index is 0. The van der Waals surface area contributed by atoms with E-state index in [1.165, 1.54) is 122 Å². The molecule has 0 bridgehead atoms. The quantitative estimate of drug-likeness (QED) is 0.0153. The van der Waals surface area contributed by atoms with E-state index < -0.39 is 16.4 Å². The number of hydrogen-bond donors (Lipinski definition) is 4. The average molecular weight is 1230 g/mol. The first-order valence-corrected chi connectivity index (χ1v) is 22.0. The summed E-state index contributed by atoms with van der Waals surface area (Å²) in [6.07, 6.45) is 29.4. The molecular weight excluding hydrogens is 1130 g/mol. The predicted molar refractivity (Wildman–Crippen MR) is 238 cm³/mol. The number of hydrogen-bond acceptors (Lipinski definition) is 7. The topological polar surface area (TPSA) is 348 Å². The Balaban J connectivity index is -0.0000000572. The monoisotopic (exact) mass is 1230 g/mol. The van der Waals surface area contributed by atoms with E-state index in [4.69, 9.17) is 21.8 Å². The third kappa shape index (κ3) is 111. The van der Waals surface area contributed by atoms with Gasteiger partial charge in [-0.05, 0) is 44.9 Å². The maximum Gasteiger partial charge on any atom is 4.00 e. The molecule has 0 aromatic heterocycles. The second kappa shape index (κ2) is 81.2. The molecule has 16 nitrogen and oxygen atoms in total. The fourth-order valence-corrected chi connectivity index (χ4v) is 5.25. The van der Waals surface area contributed by atoms with Crippen LogP contribution in [-0.2, 0) is 66.4 Å². The Bertz CT molecular complexity index is 726. The second-order valence-corrected chi connectivity index (χ2v) is 14.3. The van der Waals surface area contributed by atoms with Gasteiger partial charge in [0.1, 0.15) is 13.1 Å². The Hall–Kier alpha value is 0.317. The van der Waals surface area contributed by atoms with Crippen molar-refractivity contribution in [3.63, 3.8) is 0 Å². The van der Waals surface area contributed by atoms with Gasteiger partial charge in [-0.3, -0.25) is 14.2 Å². The van der Waals surface area contributed by atoms with Crippen LogP contribution in [0.25, 0.3) is 36.1 Å². The van der Waals surface area contributed by atoms with E-state index in [2.05, 4.69) is 40.5 Å². The molecule has 0 aliphatic rings. The van der Waals surface area contributed by atoms with Crippen LogP contribution < -0.4 is 10.6 Å². The van der Waals surface area contributed by atoms with Gasteiger partial charge in [-0.25, -0.2) is 13.3 Å². The van der Waals surface area contributed by atoms with Crippen molar-refractivity contribution in [3.05, 3.63) is 36.1 Å². The SMILES string of the molecule is C.CCCCCC(=O)O.CCCCCCCCCCCCOS(=O)(=O)[O-].CCCCCCOO.[NH-]CCCCCC[NH2+]CC[NH2+]CCCCCC[NH-].[NH2-].[NH2-].[NH2-].[NH2-].[Pt+4].[Pt+4]. The Morgan fingerprint density at radius 3 is 1.19 bits per heavy atom. The molecule has 364 valence electrons. The van der Waals surface area contributed by atoms with Gasteiger partial charge in [-0.15, -0.1) is 0 Å². The van der Waals surface area contributed by atoms with Crippen molar-refractivity contribution < 1.29 is 90.0 Å². The smallest absolute Gasteiger partial charge is 0.726 e. The minimum atomic E-state index is -4.48. The molecule has 0 saturated heterocycles. The molecule has 0 saturated carbocycles. The van der Waals surface area contributed by atoms with Crippen LogP contribution in [-0.4, -0.2) is 81.8 Å². The van der Waals surface area contributed by atoms with E-state index in [9.17, 15) is 17.8 Å². The third-order valence-corrected chi connectivity index (χ3v) is 8.51. The van der Waals surface area contributed by atoms with Crippen molar-refractivity contribution in [2.45, 2.75) is 195 Å². The first-order valence-electron chi connectivity index (χ1n) is 20.7. The number of unbranched alkanes of at least 4 members (excludes halogenated alkanes) is 20. The van der Waals surface area contributed by atoms with Crippen molar-refractivity contribution >= 4 is 16.4 Å².